The zero-order valence-corrected chi connectivity index (χ0v) is 9.73. The van der Waals surface area contributed by atoms with Gasteiger partial charge in [0.05, 0.1) is 12.7 Å². The summed E-state index contributed by atoms with van der Waals surface area (Å²) < 4.78 is 6.79. The van der Waals surface area contributed by atoms with Crippen LogP contribution in [0.25, 0.3) is 0 Å². The average molecular weight is 234 g/mol. The van der Waals surface area contributed by atoms with Crippen LogP contribution in [0.5, 0.6) is 0 Å². The first-order chi connectivity index (χ1) is 8.08. The standard InChI is InChI=1S/C11H14N4O2/c1-7-3-4-8(17-7)5-13-11(16)9-6-14-15(2)10(9)12/h3-4,6H,5,12H2,1-2H3,(H,13,16). The number of amides is 1. The fraction of sp³-hybridized carbons (Fsp3) is 0.273. The molecule has 0 fully saturated rings. The molecule has 0 saturated carbocycles. The molecule has 0 aliphatic rings. The number of carbonyl (C=O) groups excluding carboxylic acids is 1. The molecule has 0 bridgehead atoms. The normalized spacial score (nSPS) is 10.5. The van der Waals surface area contributed by atoms with E-state index in [2.05, 4.69) is 10.4 Å². The molecule has 0 saturated heterocycles. The smallest absolute Gasteiger partial charge is 0.257 e. The lowest BCUT2D eigenvalue weighted by molar-refractivity contribution is 0.0948. The van der Waals surface area contributed by atoms with Crippen molar-refractivity contribution in [3.05, 3.63) is 35.4 Å². The molecule has 0 atom stereocenters. The van der Waals surface area contributed by atoms with Crippen LogP contribution < -0.4 is 11.1 Å². The molecule has 3 N–H and O–H groups in total. The predicted molar refractivity (Wildman–Crippen MR) is 62.2 cm³/mol. The second-order valence-corrected chi connectivity index (χ2v) is 3.76. The van der Waals surface area contributed by atoms with Gasteiger partial charge in [-0.25, -0.2) is 0 Å². The minimum atomic E-state index is -0.260. The van der Waals surface area contributed by atoms with Crippen LogP contribution in [0, 0.1) is 6.92 Å². The highest BCUT2D eigenvalue weighted by Crippen LogP contribution is 2.10. The van der Waals surface area contributed by atoms with E-state index in [0.29, 0.717) is 23.7 Å². The van der Waals surface area contributed by atoms with Crippen molar-refractivity contribution in [1.82, 2.24) is 15.1 Å². The summed E-state index contributed by atoms with van der Waals surface area (Å²) >= 11 is 0. The average Bonchev–Trinajstić information content (AvgIpc) is 2.84. The SMILES string of the molecule is Cc1ccc(CNC(=O)c2cnn(C)c2N)o1. The van der Waals surface area contributed by atoms with Crippen molar-refractivity contribution < 1.29 is 9.21 Å². The first-order valence-corrected chi connectivity index (χ1v) is 5.19. The zero-order chi connectivity index (χ0) is 12.4. The van der Waals surface area contributed by atoms with Gasteiger partial charge in [-0.2, -0.15) is 5.10 Å². The summed E-state index contributed by atoms with van der Waals surface area (Å²) in [4.78, 5) is 11.8. The van der Waals surface area contributed by atoms with Crippen LogP contribution in [-0.2, 0) is 13.6 Å². The van der Waals surface area contributed by atoms with Crippen molar-refractivity contribution >= 4 is 11.7 Å². The predicted octanol–water partition coefficient (Wildman–Crippen LogP) is 0.834. The van der Waals surface area contributed by atoms with Gasteiger partial charge in [0.15, 0.2) is 0 Å². The van der Waals surface area contributed by atoms with Gasteiger partial charge in [-0.05, 0) is 19.1 Å². The summed E-state index contributed by atoms with van der Waals surface area (Å²) in [6.07, 6.45) is 1.44. The van der Waals surface area contributed by atoms with Crippen molar-refractivity contribution in [3.8, 4) is 0 Å². The van der Waals surface area contributed by atoms with Crippen LogP contribution in [0.15, 0.2) is 22.7 Å². The maximum atomic E-state index is 11.8. The van der Waals surface area contributed by atoms with Crippen LogP contribution in [0.3, 0.4) is 0 Å². The Hall–Kier alpha value is -2.24. The van der Waals surface area contributed by atoms with E-state index in [9.17, 15) is 4.79 Å². The molecule has 90 valence electrons. The topological polar surface area (TPSA) is 86.1 Å². The maximum absolute atomic E-state index is 11.8. The van der Waals surface area contributed by atoms with E-state index in [1.807, 2.05) is 19.1 Å². The molecule has 2 heterocycles. The Bertz CT molecular complexity index is 541. The summed E-state index contributed by atoms with van der Waals surface area (Å²) in [5.74, 6) is 1.61. The number of nitrogens with zero attached hydrogens (tertiary/aromatic N) is 2. The van der Waals surface area contributed by atoms with Crippen LogP contribution in [0.4, 0.5) is 5.82 Å². The number of aromatic nitrogens is 2. The van der Waals surface area contributed by atoms with E-state index >= 15 is 0 Å². The molecule has 6 nitrogen and oxygen atoms in total. The molecule has 1 amide bonds. The van der Waals surface area contributed by atoms with Crippen LogP contribution in [-0.4, -0.2) is 15.7 Å². The van der Waals surface area contributed by atoms with Crippen LogP contribution in [0.1, 0.15) is 21.9 Å². The lowest BCUT2D eigenvalue weighted by Crippen LogP contribution is -2.23. The molecule has 0 unspecified atom stereocenters. The molecular formula is C11H14N4O2. The van der Waals surface area contributed by atoms with E-state index in [4.69, 9.17) is 10.2 Å². The minimum Gasteiger partial charge on any atom is -0.465 e. The Balaban J connectivity index is 2.00. The number of nitrogen functional groups attached to an aromatic ring is 1. The number of rotatable bonds is 3. The van der Waals surface area contributed by atoms with E-state index < -0.39 is 0 Å². The highest BCUT2D eigenvalue weighted by molar-refractivity contribution is 5.98. The highest BCUT2D eigenvalue weighted by atomic mass is 16.3. The van der Waals surface area contributed by atoms with Crippen molar-refractivity contribution in [2.45, 2.75) is 13.5 Å². The first kappa shape index (κ1) is 11.3. The largest absolute Gasteiger partial charge is 0.465 e. The Morgan fingerprint density at radius 2 is 2.35 bits per heavy atom. The van der Waals surface area contributed by atoms with E-state index in [1.54, 1.807) is 7.05 Å². The number of nitrogens with two attached hydrogens (primary N) is 1. The second-order valence-electron chi connectivity index (χ2n) is 3.76. The van der Waals surface area contributed by atoms with Gasteiger partial charge in [-0.15, -0.1) is 0 Å². The van der Waals surface area contributed by atoms with Gasteiger partial charge in [0.25, 0.3) is 5.91 Å². The fourth-order valence-electron chi connectivity index (χ4n) is 1.46. The molecule has 0 radical (unpaired) electrons. The quantitative estimate of drug-likeness (QED) is 0.823. The van der Waals surface area contributed by atoms with Gasteiger partial charge < -0.3 is 15.5 Å². The summed E-state index contributed by atoms with van der Waals surface area (Å²) in [5, 5.41) is 6.62. The summed E-state index contributed by atoms with van der Waals surface area (Å²) in [6.45, 7) is 2.19. The Labute approximate surface area is 98.4 Å². The molecule has 0 spiro atoms. The maximum Gasteiger partial charge on any atom is 0.257 e. The summed E-state index contributed by atoms with van der Waals surface area (Å²) in [5.41, 5.74) is 6.06. The molecule has 17 heavy (non-hydrogen) atoms. The third-order valence-corrected chi connectivity index (χ3v) is 2.45. The number of hydrogen-bond donors (Lipinski definition) is 2. The number of nitrogens with one attached hydrogen (secondary N) is 1. The fourth-order valence-corrected chi connectivity index (χ4v) is 1.46. The molecule has 0 aliphatic carbocycles. The molecule has 0 aliphatic heterocycles. The molecule has 2 aromatic rings. The number of carbonyl (C=O) groups is 1. The van der Waals surface area contributed by atoms with Gasteiger partial charge in [-0.1, -0.05) is 0 Å². The number of hydrogen-bond acceptors (Lipinski definition) is 4. The van der Waals surface area contributed by atoms with E-state index in [-0.39, 0.29) is 5.91 Å². The van der Waals surface area contributed by atoms with E-state index in [1.165, 1.54) is 10.9 Å². The molecule has 2 rings (SSSR count). The summed E-state index contributed by atoms with van der Waals surface area (Å²) in [6, 6.07) is 3.67. The van der Waals surface area contributed by atoms with Crippen LogP contribution >= 0.6 is 0 Å². The van der Waals surface area contributed by atoms with Gasteiger partial charge in [-0.3, -0.25) is 9.48 Å². The van der Waals surface area contributed by atoms with Gasteiger partial charge in [0.2, 0.25) is 0 Å². The monoisotopic (exact) mass is 234 g/mol. The van der Waals surface area contributed by atoms with Crippen molar-refractivity contribution in [2.75, 3.05) is 5.73 Å². The lowest BCUT2D eigenvalue weighted by Gasteiger charge is -2.02. The lowest BCUT2D eigenvalue weighted by atomic mass is 10.3. The number of anilines is 1. The van der Waals surface area contributed by atoms with E-state index in [0.717, 1.165) is 5.76 Å². The van der Waals surface area contributed by atoms with Gasteiger partial charge in [0, 0.05) is 7.05 Å². The summed E-state index contributed by atoms with van der Waals surface area (Å²) in [7, 11) is 1.68. The third kappa shape index (κ3) is 2.30. The highest BCUT2D eigenvalue weighted by Gasteiger charge is 2.13. The molecular weight excluding hydrogens is 220 g/mol. The Morgan fingerprint density at radius 3 is 2.88 bits per heavy atom. The third-order valence-electron chi connectivity index (χ3n) is 2.45. The van der Waals surface area contributed by atoms with Crippen molar-refractivity contribution in [1.29, 1.82) is 0 Å². The van der Waals surface area contributed by atoms with Gasteiger partial charge in [0.1, 0.15) is 22.9 Å². The second kappa shape index (κ2) is 4.32. The minimum absolute atomic E-state index is 0.260. The Morgan fingerprint density at radius 1 is 1.59 bits per heavy atom. The first-order valence-electron chi connectivity index (χ1n) is 5.19. The van der Waals surface area contributed by atoms with Crippen LogP contribution in [0.2, 0.25) is 0 Å². The van der Waals surface area contributed by atoms with Crippen molar-refractivity contribution in [2.24, 2.45) is 7.05 Å². The number of furan rings is 1. The zero-order valence-electron chi connectivity index (χ0n) is 9.73. The Kier molecular flexibility index (Phi) is 2.86. The molecule has 2 aromatic heterocycles. The van der Waals surface area contributed by atoms with Crippen molar-refractivity contribution in [3.63, 3.8) is 0 Å². The molecule has 6 heteroatoms. The number of aryl methyl sites for hydroxylation is 2. The molecule has 0 aromatic carbocycles. The van der Waals surface area contributed by atoms with Gasteiger partial charge >= 0.3 is 0 Å².